The zero-order valence-electron chi connectivity index (χ0n) is 13.3. The number of ether oxygens (including phenoxy) is 1. The van der Waals surface area contributed by atoms with E-state index in [4.69, 9.17) is 9.15 Å². The van der Waals surface area contributed by atoms with Crippen molar-refractivity contribution in [1.82, 2.24) is 0 Å². The number of hydrogen-bond acceptors (Lipinski definition) is 3. The van der Waals surface area contributed by atoms with Gasteiger partial charge < -0.3 is 9.15 Å². The lowest BCUT2D eigenvalue weighted by atomic mass is 9.81. The van der Waals surface area contributed by atoms with Crippen LogP contribution in [0.2, 0.25) is 0 Å². The Kier molecular flexibility index (Phi) is 4.13. The summed E-state index contributed by atoms with van der Waals surface area (Å²) in [7, 11) is 0. The number of carbonyl (C=O) groups is 1. The van der Waals surface area contributed by atoms with E-state index in [1.54, 1.807) is 19.9 Å². The summed E-state index contributed by atoms with van der Waals surface area (Å²) in [6.45, 7) is 3.73. The molecule has 1 aromatic heterocycles. The minimum absolute atomic E-state index is 0.0371. The summed E-state index contributed by atoms with van der Waals surface area (Å²) in [4.78, 5) is 12.1. The first kappa shape index (κ1) is 16.0. The minimum atomic E-state index is -2.60. The van der Waals surface area contributed by atoms with Crippen LogP contribution >= 0.6 is 0 Å². The van der Waals surface area contributed by atoms with Gasteiger partial charge in [0, 0.05) is 18.2 Å². The quantitative estimate of drug-likeness (QED) is 0.728. The van der Waals surface area contributed by atoms with Crippen molar-refractivity contribution >= 4 is 16.9 Å². The smallest absolute Gasteiger partial charge is 0.342 e. The number of esters is 1. The minimum Gasteiger partial charge on any atom is -0.462 e. The highest BCUT2D eigenvalue weighted by Gasteiger charge is 2.37. The molecule has 0 aliphatic heterocycles. The molecule has 2 aromatic rings. The van der Waals surface area contributed by atoms with Gasteiger partial charge in [-0.2, -0.15) is 0 Å². The third kappa shape index (κ3) is 3.09. The van der Waals surface area contributed by atoms with E-state index in [1.807, 2.05) is 12.1 Å². The van der Waals surface area contributed by atoms with Crippen LogP contribution < -0.4 is 0 Å². The summed E-state index contributed by atoms with van der Waals surface area (Å²) in [6, 6.07) is 5.39. The summed E-state index contributed by atoms with van der Waals surface area (Å²) in [5.41, 5.74) is 1.81. The highest BCUT2D eigenvalue weighted by Crippen LogP contribution is 2.42. The molecule has 1 unspecified atom stereocenters. The van der Waals surface area contributed by atoms with Gasteiger partial charge in [0.25, 0.3) is 0 Å². The molecule has 1 aliphatic carbocycles. The summed E-state index contributed by atoms with van der Waals surface area (Å²) >= 11 is 0. The maximum absolute atomic E-state index is 13.7. The van der Waals surface area contributed by atoms with Gasteiger partial charge in [-0.3, -0.25) is 0 Å². The zero-order chi connectivity index (χ0) is 16.6. The fourth-order valence-corrected chi connectivity index (χ4v) is 3.40. The Balaban J connectivity index is 2.00. The molecule has 1 saturated carbocycles. The van der Waals surface area contributed by atoms with E-state index in [9.17, 15) is 13.6 Å². The fourth-order valence-electron chi connectivity index (χ4n) is 3.40. The van der Waals surface area contributed by atoms with Crippen molar-refractivity contribution in [3.63, 3.8) is 0 Å². The Morgan fingerprint density at radius 3 is 2.91 bits per heavy atom. The van der Waals surface area contributed by atoms with Crippen molar-refractivity contribution in [1.29, 1.82) is 0 Å². The van der Waals surface area contributed by atoms with Gasteiger partial charge in [-0.25, -0.2) is 13.6 Å². The van der Waals surface area contributed by atoms with Crippen LogP contribution in [0.25, 0.3) is 11.0 Å². The van der Waals surface area contributed by atoms with Gasteiger partial charge in [0.2, 0.25) is 5.92 Å². The molecular formula is C18H20F2O3. The SMILES string of the molecule is CCOC(=O)c1c(C)oc2ccc(C3CCCC(F)(F)C3)cc12. The van der Waals surface area contributed by atoms with Gasteiger partial charge >= 0.3 is 5.97 Å². The van der Waals surface area contributed by atoms with E-state index < -0.39 is 11.9 Å². The maximum Gasteiger partial charge on any atom is 0.342 e. The number of aryl methyl sites for hydroxylation is 1. The number of furan rings is 1. The van der Waals surface area contributed by atoms with Crippen LogP contribution in [-0.2, 0) is 4.74 Å². The van der Waals surface area contributed by atoms with Crippen molar-refractivity contribution in [3.8, 4) is 0 Å². The second-order valence-electron chi connectivity index (χ2n) is 6.16. The van der Waals surface area contributed by atoms with Gasteiger partial charge in [0.1, 0.15) is 16.9 Å². The van der Waals surface area contributed by atoms with Gasteiger partial charge in [-0.15, -0.1) is 0 Å². The lowest BCUT2D eigenvalue weighted by Crippen LogP contribution is -2.24. The molecule has 1 atom stereocenters. The number of hydrogen-bond donors (Lipinski definition) is 0. The molecule has 0 N–H and O–H groups in total. The highest BCUT2D eigenvalue weighted by atomic mass is 19.3. The van der Waals surface area contributed by atoms with Gasteiger partial charge in [-0.1, -0.05) is 6.07 Å². The van der Waals surface area contributed by atoms with E-state index in [0.29, 0.717) is 28.7 Å². The van der Waals surface area contributed by atoms with E-state index in [-0.39, 0.29) is 25.4 Å². The normalized spacial score (nSPS) is 20.6. The van der Waals surface area contributed by atoms with E-state index in [1.165, 1.54) is 0 Å². The highest BCUT2D eigenvalue weighted by molar-refractivity contribution is 6.04. The Morgan fingerprint density at radius 1 is 1.43 bits per heavy atom. The molecule has 3 rings (SSSR count). The Labute approximate surface area is 133 Å². The van der Waals surface area contributed by atoms with Crippen LogP contribution in [0, 0.1) is 6.92 Å². The standard InChI is InChI=1S/C18H20F2O3/c1-3-22-17(21)16-11(2)23-15-7-6-12(9-14(15)16)13-5-4-8-18(19,20)10-13/h6-7,9,13H,3-5,8,10H2,1-2H3. The predicted molar refractivity (Wildman–Crippen MR) is 83.1 cm³/mol. The molecule has 0 spiro atoms. The average molecular weight is 322 g/mol. The Bertz CT molecular complexity index is 733. The second kappa shape index (κ2) is 5.95. The van der Waals surface area contributed by atoms with Gasteiger partial charge in [0.15, 0.2) is 0 Å². The van der Waals surface area contributed by atoms with Crippen LogP contribution in [0.5, 0.6) is 0 Å². The van der Waals surface area contributed by atoms with Crippen LogP contribution in [0.1, 0.15) is 60.2 Å². The molecule has 0 bridgehead atoms. The molecule has 23 heavy (non-hydrogen) atoms. The molecule has 1 heterocycles. The number of rotatable bonds is 3. The van der Waals surface area contributed by atoms with Gasteiger partial charge in [0.05, 0.1) is 6.61 Å². The molecule has 0 amide bonds. The lowest BCUT2D eigenvalue weighted by molar-refractivity contribution is -0.0407. The molecule has 1 aliphatic rings. The number of alkyl halides is 2. The average Bonchev–Trinajstić information content (AvgIpc) is 2.81. The van der Waals surface area contributed by atoms with Crippen LogP contribution in [-0.4, -0.2) is 18.5 Å². The van der Waals surface area contributed by atoms with Crippen LogP contribution in [0.4, 0.5) is 8.78 Å². The number of halogens is 2. The molecule has 124 valence electrons. The monoisotopic (exact) mass is 322 g/mol. The van der Waals surface area contributed by atoms with E-state index >= 15 is 0 Å². The topological polar surface area (TPSA) is 39.4 Å². The van der Waals surface area contributed by atoms with Crippen LogP contribution in [0.3, 0.4) is 0 Å². The number of carbonyl (C=O) groups excluding carboxylic acids is 1. The maximum atomic E-state index is 13.7. The molecule has 5 heteroatoms. The zero-order valence-corrected chi connectivity index (χ0v) is 13.3. The van der Waals surface area contributed by atoms with Crippen molar-refractivity contribution in [2.75, 3.05) is 6.61 Å². The van der Waals surface area contributed by atoms with E-state index in [2.05, 4.69) is 0 Å². The predicted octanol–water partition coefficient (Wildman–Crippen LogP) is 5.21. The van der Waals surface area contributed by atoms with Crippen molar-refractivity contribution in [2.24, 2.45) is 0 Å². The molecular weight excluding hydrogens is 302 g/mol. The summed E-state index contributed by atoms with van der Waals surface area (Å²) in [5, 5.41) is 0.646. The number of fused-ring (bicyclic) bond motifs is 1. The first-order valence-electron chi connectivity index (χ1n) is 7.99. The van der Waals surface area contributed by atoms with Gasteiger partial charge in [-0.05, 0) is 50.3 Å². The number of benzene rings is 1. The van der Waals surface area contributed by atoms with Crippen LogP contribution in [0.15, 0.2) is 22.6 Å². The Morgan fingerprint density at radius 2 is 2.22 bits per heavy atom. The second-order valence-corrected chi connectivity index (χ2v) is 6.16. The molecule has 1 fully saturated rings. The molecule has 0 saturated heterocycles. The summed E-state index contributed by atoms with van der Waals surface area (Å²) < 4.78 is 38.0. The van der Waals surface area contributed by atoms with Crippen molar-refractivity contribution in [2.45, 2.75) is 51.4 Å². The fraction of sp³-hybridized carbons (Fsp3) is 0.500. The lowest BCUT2D eigenvalue weighted by Gasteiger charge is -2.29. The molecule has 3 nitrogen and oxygen atoms in total. The first-order valence-corrected chi connectivity index (χ1v) is 7.99. The first-order chi connectivity index (χ1) is 10.9. The summed E-state index contributed by atoms with van der Waals surface area (Å²) in [6.07, 6.45) is 1.09. The van der Waals surface area contributed by atoms with Crippen molar-refractivity contribution in [3.05, 3.63) is 35.1 Å². The van der Waals surface area contributed by atoms with E-state index in [0.717, 1.165) is 12.0 Å². The largest absolute Gasteiger partial charge is 0.462 e. The molecule has 0 radical (unpaired) electrons. The third-order valence-corrected chi connectivity index (χ3v) is 4.48. The van der Waals surface area contributed by atoms with Crippen molar-refractivity contribution < 1.29 is 22.7 Å². The summed E-state index contributed by atoms with van der Waals surface area (Å²) in [5.74, 6) is -2.73. The third-order valence-electron chi connectivity index (χ3n) is 4.48. The Hall–Kier alpha value is -1.91. The molecule has 1 aromatic carbocycles.